The number of hydrogen-bond donors (Lipinski definition) is 1. The van der Waals surface area contributed by atoms with Gasteiger partial charge in [0, 0.05) is 6.42 Å². The van der Waals surface area contributed by atoms with Crippen LogP contribution in [-0.4, -0.2) is 21.7 Å². The second-order valence-electron chi connectivity index (χ2n) is 1.71. The van der Waals surface area contributed by atoms with Crippen LogP contribution in [0.15, 0.2) is 0 Å². The van der Waals surface area contributed by atoms with Crippen LogP contribution in [0.3, 0.4) is 0 Å². The number of alkyl halides is 1. The van der Waals surface area contributed by atoms with Crippen molar-refractivity contribution in [2.45, 2.75) is 18.2 Å². The lowest BCUT2D eigenvalue weighted by Gasteiger charge is -1.97. The van der Waals surface area contributed by atoms with Gasteiger partial charge in [-0.2, -0.15) is 0 Å². The highest BCUT2D eigenvalue weighted by molar-refractivity contribution is 9.10. The van der Waals surface area contributed by atoms with Crippen molar-refractivity contribution in [1.82, 2.24) is 0 Å². The van der Waals surface area contributed by atoms with Crippen molar-refractivity contribution < 1.29 is 14.7 Å². The first-order valence-corrected chi connectivity index (χ1v) is 3.32. The average Bonchev–Trinajstić information content (AvgIpc) is 1.63. The first-order valence-electron chi connectivity index (χ1n) is 2.40. The molecule has 3 nitrogen and oxygen atoms in total. The number of halogens is 1. The van der Waals surface area contributed by atoms with Gasteiger partial charge in [0.15, 0.2) is 0 Å². The van der Waals surface area contributed by atoms with Crippen LogP contribution in [0.4, 0.5) is 0 Å². The molecule has 0 aromatic carbocycles. The zero-order valence-electron chi connectivity index (χ0n) is 4.93. The van der Waals surface area contributed by atoms with Gasteiger partial charge in [-0.05, 0) is 6.92 Å². The number of carbonyl (C=O) groups excluding carboxylic acids is 1. The summed E-state index contributed by atoms with van der Waals surface area (Å²) in [6.45, 7) is 1.36. The molecule has 1 N–H and O–H groups in total. The summed E-state index contributed by atoms with van der Waals surface area (Å²) in [6, 6.07) is 0. The lowest BCUT2D eigenvalue weighted by Crippen LogP contribution is -2.15. The van der Waals surface area contributed by atoms with E-state index < -0.39 is 10.8 Å². The summed E-state index contributed by atoms with van der Waals surface area (Å²) in [4.78, 5) is 19.6. The molecule has 0 radical (unpaired) electrons. The first kappa shape index (κ1) is 8.62. The van der Waals surface area contributed by atoms with Crippen LogP contribution >= 0.6 is 15.9 Å². The van der Waals surface area contributed by atoms with Crippen LogP contribution in [0, 0.1) is 0 Å². The summed E-state index contributed by atoms with van der Waals surface area (Å²) in [7, 11) is 0. The van der Waals surface area contributed by atoms with Gasteiger partial charge in [0.05, 0.1) is 0 Å². The van der Waals surface area contributed by atoms with Gasteiger partial charge in [0.2, 0.25) is 0 Å². The first-order chi connectivity index (χ1) is 4.04. The fourth-order valence-electron chi connectivity index (χ4n) is 0.340. The van der Waals surface area contributed by atoms with Gasteiger partial charge >= 0.3 is 5.97 Å². The van der Waals surface area contributed by atoms with Crippen molar-refractivity contribution in [2.75, 3.05) is 0 Å². The second kappa shape index (κ2) is 3.61. The van der Waals surface area contributed by atoms with Crippen LogP contribution in [0.2, 0.25) is 0 Å². The number of Topliss-reactive ketones (excluding diaryl/α,β-unsaturated/α-hetero) is 1. The number of carboxylic acids is 1. The molecule has 1 unspecified atom stereocenters. The van der Waals surface area contributed by atoms with Gasteiger partial charge in [0.25, 0.3) is 0 Å². The van der Waals surface area contributed by atoms with Gasteiger partial charge in [-0.3, -0.25) is 9.59 Å². The molecule has 0 aliphatic heterocycles. The summed E-state index contributed by atoms with van der Waals surface area (Å²) in [6.07, 6.45) is 0.0509. The number of carboxylic acid groups (broad SMARTS) is 1. The summed E-state index contributed by atoms with van der Waals surface area (Å²) >= 11 is 2.82. The molecule has 0 aromatic heterocycles. The Hall–Kier alpha value is -0.380. The Balaban J connectivity index is 3.63. The van der Waals surface area contributed by atoms with Crippen LogP contribution in [0.1, 0.15) is 13.3 Å². The minimum absolute atomic E-state index is 0.0509. The third kappa shape index (κ3) is 4.14. The van der Waals surface area contributed by atoms with Crippen molar-refractivity contribution in [3.63, 3.8) is 0 Å². The molecule has 52 valence electrons. The molecule has 1 atom stereocenters. The van der Waals surface area contributed by atoms with Gasteiger partial charge in [0.1, 0.15) is 10.6 Å². The number of rotatable bonds is 3. The van der Waals surface area contributed by atoms with E-state index in [4.69, 9.17) is 5.11 Å². The second-order valence-corrected chi connectivity index (χ2v) is 2.82. The molecule has 0 spiro atoms. The number of carbonyl (C=O) groups is 2. The van der Waals surface area contributed by atoms with E-state index in [-0.39, 0.29) is 12.2 Å². The molecule has 4 heteroatoms. The monoisotopic (exact) mass is 194 g/mol. The minimum atomic E-state index is -0.995. The SMILES string of the molecule is CC(=O)CC(Br)C(=O)O. The fraction of sp³-hybridized carbons (Fsp3) is 0.600. The van der Waals surface area contributed by atoms with Crippen LogP contribution in [-0.2, 0) is 9.59 Å². The maximum Gasteiger partial charge on any atom is 0.317 e. The van der Waals surface area contributed by atoms with Crippen molar-refractivity contribution in [2.24, 2.45) is 0 Å². The Kier molecular flexibility index (Phi) is 3.46. The lowest BCUT2D eigenvalue weighted by atomic mass is 10.2. The number of aliphatic carboxylic acids is 1. The third-order valence-corrected chi connectivity index (χ3v) is 1.45. The molecular weight excluding hydrogens is 188 g/mol. The molecule has 0 saturated heterocycles. The largest absolute Gasteiger partial charge is 0.480 e. The van der Waals surface area contributed by atoms with E-state index in [9.17, 15) is 9.59 Å². The Morgan fingerprint density at radius 2 is 2.11 bits per heavy atom. The van der Waals surface area contributed by atoms with Gasteiger partial charge < -0.3 is 5.11 Å². The predicted octanol–water partition coefficient (Wildman–Crippen LogP) is 0.814. The Labute approximate surface area is 61.2 Å². The Morgan fingerprint density at radius 3 is 2.22 bits per heavy atom. The molecule has 0 amide bonds. The summed E-state index contributed by atoms with van der Waals surface area (Å²) in [5.74, 6) is -1.12. The highest BCUT2D eigenvalue weighted by Crippen LogP contribution is 2.04. The molecule has 0 aromatic rings. The normalized spacial score (nSPS) is 12.7. The van der Waals surface area contributed by atoms with E-state index in [1.54, 1.807) is 0 Å². The van der Waals surface area contributed by atoms with E-state index in [1.165, 1.54) is 6.92 Å². The lowest BCUT2D eigenvalue weighted by molar-refractivity contribution is -0.137. The van der Waals surface area contributed by atoms with Crippen LogP contribution in [0.25, 0.3) is 0 Å². The number of ketones is 1. The highest BCUT2D eigenvalue weighted by atomic mass is 79.9. The predicted molar refractivity (Wildman–Crippen MR) is 35.6 cm³/mol. The summed E-state index contributed by atoms with van der Waals surface area (Å²) in [5.41, 5.74) is 0. The minimum Gasteiger partial charge on any atom is -0.480 e. The molecule has 0 rings (SSSR count). The highest BCUT2D eigenvalue weighted by Gasteiger charge is 2.14. The van der Waals surface area contributed by atoms with Gasteiger partial charge in [-0.25, -0.2) is 0 Å². The molecular formula is C5H7BrO3. The molecule has 0 heterocycles. The van der Waals surface area contributed by atoms with E-state index in [2.05, 4.69) is 15.9 Å². The maximum absolute atomic E-state index is 10.3. The van der Waals surface area contributed by atoms with Gasteiger partial charge in [-0.15, -0.1) is 0 Å². The van der Waals surface area contributed by atoms with E-state index in [0.717, 1.165) is 0 Å². The Morgan fingerprint density at radius 1 is 1.67 bits per heavy atom. The van der Waals surface area contributed by atoms with Crippen molar-refractivity contribution in [3.05, 3.63) is 0 Å². The smallest absolute Gasteiger partial charge is 0.317 e. The standard InChI is InChI=1S/C5H7BrO3/c1-3(7)2-4(6)5(8)9/h4H,2H2,1H3,(H,8,9). The van der Waals surface area contributed by atoms with E-state index in [0.29, 0.717) is 0 Å². The van der Waals surface area contributed by atoms with Crippen molar-refractivity contribution in [1.29, 1.82) is 0 Å². The van der Waals surface area contributed by atoms with E-state index >= 15 is 0 Å². The van der Waals surface area contributed by atoms with E-state index in [1.807, 2.05) is 0 Å². The van der Waals surface area contributed by atoms with Crippen molar-refractivity contribution in [3.8, 4) is 0 Å². The zero-order chi connectivity index (χ0) is 7.44. The quantitative estimate of drug-likeness (QED) is 0.678. The fourth-order valence-corrected chi connectivity index (χ4v) is 0.796. The summed E-state index contributed by atoms with van der Waals surface area (Å²) < 4.78 is 0. The van der Waals surface area contributed by atoms with Crippen LogP contribution < -0.4 is 0 Å². The maximum atomic E-state index is 10.3. The zero-order valence-corrected chi connectivity index (χ0v) is 6.51. The molecule has 0 saturated carbocycles. The van der Waals surface area contributed by atoms with Crippen molar-refractivity contribution >= 4 is 27.7 Å². The van der Waals surface area contributed by atoms with Crippen LogP contribution in [0.5, 0.6) is 0 Å². The molecule has 0 aliphatic rings. The molecule has 9 heavy (non-hydrogen) atoms. The van der Waals surface area contributed by atoms with Gasteiger partial charge in [-0.1, -0.05) is 15.9 Å². The molecule has 0 bridgehead atoms. The average molecular weight is 195 g/mol. The topological polar surface area (TPSA) is 54.4 Å². The molecule has 0 fully saturated rings. The molecule has 0 aliphatic carbocycles. The number of hydrogen-bond acceptors (Lipinski definition) is 2. The Bertz CT molecular complexity index is 132. The third-order valence-electron chi connectivity index (χ3n) is 0.735. The summed E-state index contributed by atoms with van der Waals surface area (Å²) in [5, 5.41) is 8.23.